The van der Waals surface area contributed by atoms with Gasteiger partial charge in [0.1, 0.15) is 5.69 Å². The fourth-order valence-corrected chi connectivity index (χ4v) is 3.32. The molecule has 2 saturated heterocycles. The molecular formula is C17H23N3O2. The molecule has 0 aliphatic carbocycles. The first-order valence-corrected chi connectivity index (χ1v) is 8.20. The van der Waals surface area contributed by atoms with Gasteiger partial charge in [-0.3, -0.25) is 14.6 Å². The Hall–Kier alpha value is -1.91. The van der Waals surface area contributed by atoms with Crippen molar-refractivity contribution in [3.05, 3.63) is 29.6 Å². The van der Waals surface area contributed by atoms with E-state index in [1.165, 1.54) is 6.42 Å². The number of nitrogens with zero attached hydrogens (tertiary/aromatic N) is 3. The van der Waals surface area contributed by atoms with Crippen LogP contribution in [-0.4, -0.2) is 52.8 Å². The second kappa shape index (κ2) is 6.46. The molecule has 1 aromatic rings. The van der Waals surface area contributed by atoms with Crippen molar-refractivity contribution in [1.82, 2.24) is 14.8 Å². The van der Waals surface area contributed by atoms with Gasteiger partial charge in [-0.15, -0.1) is 0 Å². The van der Waals surface area contributed by atoms with Gasteiger partial charge >= 0.3 is 0 Å². The summed E-state index contributed by atoms with van der Waals surface area (Å²) in [7, 11) is 0. The maximum atomic E-state index is 12.6. The van der Waals surface area contributed by atoms with Gasteiger partial charge in [0.05, 0.1) is 0 Å². The molecule has 0 aromatic carbocycles. The largest absolute Gasteiger partial charge is 0.339 e. The van der Waals surface area contributed by atoms with Crippen molar-refractivity contribution in [3.63, 3.8) is 0 Å². The van der Waals surface area contributed by atoms with Crippen LogP contribution >= 0.6 is 0 Å². The van der Waals surface area contributed by atoms with Gasteiger partial charge in [0, 0.05) is 37.9 Å². The summed E-state index contributed by atoms with van der Waals surface area (Å²) in [4.78, 5) is 32.9. The number of likely N-dealkylation sites (tertiary alicyclic amines) is 2. The third-order valence-corrected chi connectivity index (χ3v) is 4.56. The van der Waals surface area contributed by atoms with Crippen molar-refractivity contribution in [2.45, 2.75) is 32.6 Å². The summed E-state index contributed by atoms with van der Waals surface area (Å²) in [5.41, 5.74) is 0.962. The Morgan fingerprint density at radius 2 is 1.82 bits per heavy atom. The van der Waals surface area contributed by atoms with Crippen LogP contribution in [0.3, 0.4) is 0 Å². The van der Waals surface area contributed by atoms with E-state index in [4.69, 9.17) is 0 Å². The topological polar surface area (TPSA) is 53.5 Å². The molecule has 5 heteroatoms. The van der Waals surface area contributed by atoms with Crippen molar-refractivity contribution >= 4 is 11.8 Å². The van der Waals surface area contributed by atoms with E-state index in [9.17, 15) is 9.59 Å². The van der Waals surface area contributed by atoms with Crippen LogP contribution in [0.5, 0.6) is 0 Å². The van der Waals surface area contributed by atoms with Crippen LogP contribution in [0.15, 0.2) is 18.3 Å². The fraction of sp³-hybridized carbons (Fsp3) is 0.588. The number of pyridine rings is 1. The lowest BCUT2D eigenvalue weighted by atomic mass is 10.00. The number of carbonyl (C=O) groups is 2. The van der Waals surface area contributed by atoms with Gasteiger partial charge in [-0.1, -0.05) is 6.92 Å². The predicted molar refractivity (Wildman–Crippen MR) is 83.7 cm³/mol. The fourth-order valence-electron chi connectivity index (χ4n) is 3.32. The zero-order valence-corrected chi connectivity index (χ0v) is 13.1. The minimum atomic E-state index is -0.0531. The molecule has 0 spiro atoms. The standard InChI is InChI=1S/C17H23N3O2/c1-13-5-4-10-20(12-13)17(22)15-11-14(6-7-18-15)16(21)19-8-2-3-9-19/h6-7,11,13H,2-5,8-10,12H2,1H3. The maximum Gasteiger partial charge on any atom is 0.272 e. The zero-order chi connectivity index (χ0) is 15.5. The second-order valence-electron chi connectivity index (χ2n) is 6.43. The Labute approximate surface area is 131 Å². The lowest BCUT2D eigenvalue weighted by Crippen LogP contribution is -2.39. The molecule has 0 radical (unpaired) electrons. The van der Waals surface area contributed by atoms with Crippen LogP contribution < -0.4 is 0 Å². The van der Waals surface area contributed by atoms with E-state index in [2.05, 4.69) is 11.9 Å². The van der Waals surface area contributed by atoms with E-state index >= 15 is 0 Å². The third-order valence-electron chi connectivity index (χ3n) is 4.56. The second-order valence-corrected chi connectivity index (χ2v) is 6.43. The van der Waals surface area contributed by atoms with Crippen molar-refractivity contribution in [3.8, 4) is 0 Å². The Kier molecular flexibility index (Phi) is 4.41. The number of amides is 2. The van der Waals surface area contributed by atoms with Gasteiger partial charge in [0.15, 0.2) is 0 Å². The van der Waals surface area contributed by atoms with Gasteiger partial charge in [-0.05, 0) is 43.7 Å². The highest BCUT2D eigenvalue weighted by molar-refractivity contribution is 5.98. The van der Waals surface area contributed by atoms with Crippen molar-refractivity contribution in [2.75, 3.05) is 26.2 Å². The van der Waals surface area contributed by atoms with E-state index < -0.39 is 0 Å². The SMILES string of the molecule is CC1CCCN(C(=O)c2cc(C(=O)N3CCCC3)ccn2)C1. The summed E-state index contributed by atoms with van der Waals surface area (Å²) in [6.07, 6.45) is 5.91. The average molecular weight is 301 g/mol. The molecule has 1 aromatic heterocycles. The molecule has 2 fully saturated rings. The monoisotopic (exact) mass is 301 g/mol. The lowest BCUT2D eigenvalue weighted by Gasteiger charge is -2.30. The van der Waals surface area contributed by atoms with Crippen LogP contribution in [0.25, 0.3) is 0 Å². The summed E-state index contributed by atoms with van der Waals surface area (Å²) >= 11 is 0. The van der Waals surface area contributed by atoms with Gasteiger partial charge in [-0.2, -0.15) is 0 Å². The first-order valence-electron chi connectivity index (χ1n) is 8.20. The summed E-state index contributed by atoms with van der Waals surface area (Å²) in [5, 5.41) is 0. The minimum absolute atomic E-state index is 0.0148. The van der Waals surface area contributed by atoms with Gasteiger partial charge < -0.3 is 9.80 Å². The van der Waals surface area contributed by atoms with E-state index in [1.54, 1.807) is 18.3 Å². The molecule has 1 atom stereocenters. The van der Waals surface area contributed by atoms with Crippen LogP contribution in [0.4, 0.5) is 0 Å². The van der Waals surface area contributed by atoms with Gasteiger partial charge in [0.25, 0.3) is 11.8 Å². The summed E-state index contributed by atoms with van der Waals surface area (Å²) in [6.45, 7) is 5.36. The minimum Gasteiger partial charge on any atom is -0.339 e. The Morgan fingerprint density at radius 3 is 2.55 bits per heavy atom. The van der Waals surface area contributed by atoms with E-state index in [-0.39, 0.29) is 11.8 Å². The van der Waals surface area contributed by atoms with E-state index in [0.717, 1.165) is 45.4 Å². The maximum absolute atomic E-state index is 12.6. The highest BCUT2D eigenvalue weighted by Gasteiger charge is 2.25. The highest BCUT2D eigenvalue weighted by atomic mass is 16.2. The Balaban J connectivity index is 1.75. The van der Waals surface area contributed by atoms with E-state index in [0.29, 0.717) is 17.2 Å². The van der Waals surface area contributed by atoms with E-state index in [1.807, 2.05) is 9.80 Å². The lowest BCUT2D eigenvalue weighted by molar-refractivity contribution is 0.0677. The average Bonchev–Trinajstić information content (AvgIpc) is 3.08. The number of hydrogen-bond donors (Lipinski definition) is 0. The molecule has 1 unspecified atom stereocenters. The smallest absolute Gasteiger partial charge is 0.272 e. The molecule has 22 heavy (non-hydrogen) atoms. The molecule has 5 nitrogen and oxygen atoms in total. The van der Waals surface area contributed by atoms with Crippen LogP contribution in [0, 0.1) is 5.92 Å². The van der Waals surface area contributed by atoms with Gasteiger partial charge in [-0.25, -0.2) is 0 Å². The number of piperidine rings is 1. The molecule has 0 saturated carbocycles. The molecule has 118 valence electrons. The quantitative estimate of drug-likeness (QED) is 0.841. The number of rotatable bonds is 2. The van der Waals surface area contributed by atoms with Crippen LogP contribution in [0.1, 0.15) is 53.5 Å². The first-order chi connectivity index (χ1) is 10.6. The molecule has 0 bridgehead atoms. The number of hydrogen-bond acceptors (Lipinski definition) is 3. The summed E-state index contributed by atoms with van der Waals surface area (Å²) in [5.74, 6) is 0.496. The predicted octanol–water partition coefficient (Wildman–Crippen LogP) is 2.19. The molecular weight excluding hydrogens is 278 g/mol. The van der Waals surface area contributed by atoms with Crippen molar-refractivity contribution < 1.29 is 9.59 Å². The third kappa shape index (κ3) is 3.13. The molecule has 0 N–H and O–H groups in total. The highest BCUT2D eigenvalue weighted by Crippen LogP contribution is 2.18. The van der Waals surface area contributed by atoms with Crippen molar-refractivity contribution in [1.29, 1.82) is 0 Å². The summed E-state index contributed by atoms with van der Waals surface area (Å²) < 4.78 is 0. The van der Waals surface area contributed by atoms with Crippen LogP contribution in [0.2, 0.25) is 0 Å². The summed E-state index contributed by atoms with van der Waals surface area (Å²) in [6, 6.07) is 3.36. The van der Waals surface area contributed by atoms with Crippen molar-refractivity contribution in [2.24, 2.45) is 5.92 Å². The van der Waals surface area contributed by atoms with Gasteiger partial charge in [0.2, 0.25) is 0 Å². The Morgan fingerprint density at radius 1 is 1.09 bits per heavy atom. The molecule has 2 aliphatic heterocycles. The first kappa shape index (κ1) is 15.0. The van der Waals surface area contributed by atoms with Crippen LogP contribution in [-0.2, 0) is 0 Å². The number of aromatic nitrogens is 1. The normalized spacial score (nSPS) is 22.0. The Bertz CT molecular complexity index is 567. The molecule has 3 heterocycles. The molecule has 2 aliphatic rings. The molecule has 3 rings (SSSR count). The number of carbonyl (C=O) groups excluding carboxylic acids is 2. The molecule has 2 amide bonds. The zero-order valence-electron chi connectivity index (χ0n) is 13.1.